The summed E-state index contributed by atoms with van der Waals surface area (Å²) in [5.41, 5.74) is 24.0. The number of rotatable bonds is 3. The van der Waals surface area contributed by atoms with Gasteiger partial charge in [-0.1, -0.05) is 171 Å². The average molecular weight is 831 g/mol. The Morgan fingerprint density at radius 1 is 0.444 bits per heavy atom. The number of fused-ring (bicyclic) bond motifs is 5. The van der Waals surface area contributed by atoms with E-state index in [1.165, 1.54) is 101 Å². The summed E-state index contributed by atoms with van der Waals surface area (Å²) in [6.45, 7) is 40.2. The molecule has 0 atom stereocenters. The van der Waals surface area contributed by atoms with Gasteiger partial charge in [0.25, 0.3) is 6.71 Å². The zero-order chi connectivity index (χ0) is 45.6. The molecule has 324 valence electrons. The van der Waals surface area contributed by atoms with E-state index in [-0.39, 0.29) is 39.2 Å². The van der Waals surface area contributed by atoms with E-state index in [1.54, 1.807) is 0 Å². The zero-order valence-corrected chi connectivity index (χ0v) is 41.6. The summed E-state index contributed by atoms with van der Waals surface area (Å²) in [5.74, 6) is 0. The molecule has 0 spiro atoms. The molecule has 3 aliphatic rings. The molecule has 2 aliphatic heterocycles. The number of benzene rings is 6. The molecule has 0 N–H and O–H groups in total. The van der Waals surface area contributed by atoms with Crippen LogP contribution in [-0.2, 0) is 32.5 Å². The lowest BCUT2D eigenvalue weighted by Crippen LogP contribution is -2.61. The molecule has 0 amide bonds. The van der Waals surface area contributed by atoms with E-state index in [0.29, 0.717) is 0 Å². The predicted octanol–water partition coefficient (Wildman–Crippen LogP) is 14.9. The molecular formula is C60H71BN2. The van der Waals surface area contributed by atoms with Gasteiger partial charge in [0.05, 0.1) is 5.69 Å². The summed E-state index contributed by atoms with van der Waals surface area (Å²) in [6.07, 6.45) is 1.12. The second kappa shape index (κ2) is 14.0. The van der Waals surface area contributed by atoms with Gasteiger partial charge < -0.3 is 9.80 Å². The fourth-order valence-electron chi connectivity index (χ4n) is 11.3. The lowest BCUT2D eigenvalue weighted by atomic mass is 9.33. The van der Waals surface area contributed by atoms with E-state index < -0.39 is 0 Å². The van der Waals surface area contributed by atoms with Crippen LogP contribution >= 0.6 is 0 Å². The van der Waals surface area contributed by atoms with E-state index in [1.807, 2.05) is 0 Å². The SMILES string of the molecule is Cc1cc2c3c(c1)N(c1ccc(C(C)(C)C)cc1-c1cccc(C(C)(C)C)c1)c1cc4c(cc1B3c1cc(C(C)(C)C)ccc1N2c1ccc(C(C)(C)C)cc1)C(C)(C)CC4(C)C. The van der Waals surface area contributed by atoms with Gasteiger partial charge in [-0.25, -0.2) is 0 Å². The minimum Gasteiger partial charge on any atom is -0.311 e. The molecule has 0 unspecified atom stereocenters. The second-order valence-electron chi connectivity index (χ2n) is 24.9. The maximum atomic E-state index is 2.68. The van der Waals surface area contributed by atoms with Crippen LogP contribution in [0.25, 0.3) is 11.1 Å². The van der Waals surface area contributed by atoms with Crippen LogP contribution in [0, 0.1) is 6.92 Å². The molecular weight excluding hydrogens is 759 g/mol. The largest absolute Gasteiger partial charge is 0.311 e. The van der Waals surface area contributed by atoms with Crippen molar-refractivity contribution in [2.24, 2.45) is 0 Å². The van der Waals surface area contributed by atoms with Gasteiger partial charge in [-0.15, -0.1) is 0 Å². The van der Waals surface area contributed by atoms with Gasteiger partial charge in [0.15, 0.2) is 0 Å². The highest BCUT2D eigenvalue weighted by atomic mass is 15.2. The van der Waals surface area contributed by atoms with E-state index in [2.05, 4.69) is 237 Å². The second-order valence-corrected chi connectivity index (χ2v) is 24.9. The summed E-state index contributed by atoms with van der Waals surface area (Å²) < 4.78 is 0. The molecule has 0 fully saturated rings. The molecule has 0 radical (unpaired) electrons. The fraction of sp³-hybridized carbons (Fsp3) is 0.400. The molecule has 3 heteroatoms. The lowest BCUT2D eigenvalue weighted by molar-refractivity contribution is 0.403. The Bertz CT molecular complexity index is 2810. The Hall–Kier alpha value is -5.02. The number of aryl methyl sites for hydroxylation is 1. The molecule has 0 saturated heterocycles. The van der Waals surface area contributed by atoms with Crippen molar-refractivity contribution in [1.82, 2.24) is 0 Å². The number of hydrogen-bond acceptors (Lipinski definition) is 2. The lowest BCUT2D eigenvalue weighted by Gasteiger charge is -2.45. The van der Waals surface area contributed by atoms with Gasteiger partial charge in [-0.3, -0.25) is 0 Å². The number of nitrogens with zero attached hydrogens (tertiary/aromatic N) is 2. The van der Waals surface area contributed by atoms with E-state index in [0.717, 1.165) is 6.42 Å². The monoisotopic (exact) mass is 831 g/mol. The molecule has 63 heavy (non-hydrogen) atoms. The van der Waals surface area contributed by atoms with Gasteiger partial charge >= 0.3 is 0 Å². The predicted molar refractivity (Wildman–Crippen MR) is 276 cm³/mol. The summed E-state index contributed by atoms with van der Waals surface area (Å²) >= 11 is 0. The summed E-state index contributed by atoms with van der Waals surface area (Å²) in [5, 5.41) is 0. The van der Waals surface area contributed by atoms with Gasteiger partial charge in [-0.05, 0) is 155 Å². The zero-order valence-electron chi connectivity index (χ0n) is 41.6. The van der Waals surface area contributed by atoms with Gasteiger partial charge in [-0.2, -0.15) is 0 Å². The Labute approximate surface area is 381 Å². The van der Waals surface area contributed by atoms with Crippen LogP contribution in [0.4, 0.5) is 34.1 Å². The maximum Gasteiger partial charge on any atom is 0.252 e. The molecule has 0 saturated carbocycles. The molecule has 2 nitrogen and oxygen atoms in total. The first-order valence-electron chi connectivity index (χ1n) is 23.6. The minimum absolute atomic E-state index is 0.0105. The number of hydrogen-bond donors (Lipinski definition) is 0. The van der Waals surface area contributed by atoms with Gasteiger partial charge in [0, 0.05) is 34.0 Å². The third kappa shape index (κ3) is 7.17. The first-order chi connectivity index (χ1) is 29.1. The molecule has 2 heterocycles. The maximum absolute atomic E-state index is 2.68. The standard InChI is InChI=1S/C60H71BN2/c1-37-29-52-54-53(30-37)63(49-27-23-41(57(8,9)10)32-44(49)38-19-18-20-40(31-38)56(5,6)7)51-35-46-45(59(14,15)36-60(46,16)17)34-48(51)61(54)47-33-42(58(11,12)13)24-28-50(47)62(52)43-25-21-39(22-26-43)55(2,3)4/h18-35H,36H2,1-17H3. The van der Waals surface area contributed by atoms with Crippen molar-refractivity contribution in [2.75, 3.05) is 9.80 Å². The highest BCUT2D eigenvalue weighted by molar-refractivity contribution is 7.00. The van der Waals surface area contributed by atoms with Gasteiger partial charge in [0.1, 0.15) is 0 Å². The van der Waals surface area contributed by atoms with Crippen molar-refractivity contribution in [3.8, 4) is 11.1 Å². The average Bonchev–Trinajstić information content (AvgIpc) is 3.36. The third-order valence-corrected chi connectivity index (χ3v) is 14.7. The molecule has 0 bridgehead atoms. The molecule has 6 aromatic rings. The summed E-state index contributed by atoms with van der Waals surface area (Å²) in [4.78, 5) is 5.26. The van der Waals surface area contributed by atoms with Crippen molar-refractivity contribution in [1.29, 1.82) is 0 Å². The van der Waals surface area contributed by atoms with Crippen LogP contribution < -0.4 is 26.2 Å². The van der Waals surface area contributed by atoms with Crippen LogP contribution in [0.1, 0.15) is 156 Å². The molecule has 6 aromatic carbocycles. The van der Waals surface area contributed by atoms with Crippen molar-refractivity contribution in [3.05, 3.63) is 148 Å². The number of anilines is 6. The summed E-state index contributed by atoms with van der Waals surface area (Å²) in [6, 6.07) is 43.7. The fourth-order valence-corrected chi connectivity index (χ4v) is 11.3. The van der Waals surface area contributed by atoms with E-state index >= 15 is 0 Å². The molecule has 0 aromatic heterocycles. The Kier molecular flexibility index (Phi) is 9.60. The smallest absolute Gasteiger partial charge is 0.252 e. The first kappa shape index (κ1) is 43.2. The van der Waals surface area contributed by atoms with Crippen molar-refractivity contribution < 1.29 is 0 Å². The van der Waals surface area contributed by atoms with Crippen molar-refractivity contribution >= 4 is 57.2 Å². The summed E-state index contributed by atoms with van der Waals surface area (Å²) in [7, 11) is 0. The highest BCUT2D eigenvalue weighted by Crippen LogP contribution is 2.54. The van der Waals surface area contributed by atoms with Gasteiger partial charge in [0.2, 0.25) is 0 Å². The Balaban J connectivity index is 1.42. The first-order valence-corrected chi connectivity index (χ1v) is 23.6. The molecule has 1 aliphatic carbocycles. The Morgan fingerprint density at radius 2 is 0.937 bits per heavy atom. The van der Waals surface area contributed by atoms with E-state index in [9.17, 15) is 0 Å². The quantitative estimate of drug-likeness (QED) is 0.164. The highest BCUT2D eigenvalue weighted by Gasteiger charge is 2.48. The van der Waals surface area contributed by atoms with Crippen LogP contribution in [0.5, 0.6) is 0 Å². The van der Waals surface area contributed by atoms with Crippen molar-refractivity contribution in [3.63, 3.8) is 0 Å². The van der Waals surface area contributed by atoms with Crippen LogP contribution in [0.15, 0.2) is 109 Å². The van der Waals surface area contributed by atoms with Crippen LogP contribution in [-0.4, -0.2) is 6.71 Å². The van der Waals surface area contributed by atoms with Crippen LogP contribution in [0.2, 0.25) is 0 Å². The minimum atomic E-state index is -0.0176. The van der Waals surface area contributed by atoms with Crippen molar-refractivity contribution in [2.45, 2.75) is 157 Å². The Morgan fingerprint density at radius 3 is 1.52 bits per heavy atom. The third-order valence-electron chi connectivity index (χ3n) is 14.7. The molecule has 9 rings (SSSR count). The topological polar surface area (TPSA) is 6.48 Å². The normalized spacial score (nSPS) is 16.4. The van der Waals surface area contributed by atoms with Crippen LogP contribution in [0.3, 0.4) is 0 Å². The van der Waals surface area contributed by atoms with E-state index in [4.69, 9.17) is 0 Å².